The van der Waals surface area contributed by atoms with Crippen LogP contribution in [0.2, 0.25) is 0 Å². The van der Waals surface area contributed by atoms with Crippen LogP contribution in [0.3, 0.4) is 0 Å². The minimum absolute atomic E-state index is 0.00291. The molecule has 0 saturated heterocycles. The standard InChI is InChI=1S/C21H22N4O3S2/c26-20(19-14-15-6-3-1-2-4-7-18(15)29-19)24-16-8-10-17(11-9-16)30(27,28)25-21-22-12-5-13-23-21/h5,8-14H,1-4,6-7H2,(H,24,26)(H,22,23,25). The highest BCUT2D eigenvalue weighted by Crippen LogP contribution is 2.29. The molecule has 0 unspecified atom stereocenters. The lowest BCUT2D eigenvalue weighted by molar-refractivity contribution is 0.103. The van der Waals surface area contributed by atoms with Crippen molar-refractivity contribution in [3.05, 3.63) is 64.1 Å². The topological polar surface area (TPSA) is 101 Å². The number of hydrogen-bond acceptors (Lipinski definition) is 6. The molecule has 2 aromatic heterocycles. The summed E-state index contributed by atoms with van der Waals surface area (Å²) in [5.74, 6) is -0.165. The zero-order valence-electron chi connectivity index (χ0n) is 16.3. The lowest BCUT2D eigenvalue weighted by Crippen LogP contribution is -2.15. The Kier molecular flexibility index (Phi) is 6.10. The second-order valence-electron chi connectivity index (χ2n) is 7.13. The Morgan fingerprint density at radius 2 is 1.67 bits per heavy atom. The number of carbonyl (C=O) groups is 1. The zero-order valence-corrected chi connectivity index (χ0v) is 17.9. The number of anilines is 2. The molecule has 30 heavy (non-hydrogen) atoms. The number of aryl methyl sites for hydroxylation is 2. The van der Waals surface area contributed by atoms with E-state index < -0.39 is 10.0 Å². The van der Waals surface area contributed by atoms with Crippen molar-refractivity contribution in [1.82, 2.24) is 9.97 Å². The summed E-state index contributed by atoms with van der Waals surface area (Å²) in [6.07, 6.45) is 9.82. The highest BCUT2D eigenvalue weighted by molar-refractivity contribution is 7.92. The molecule has 9 heteroatoms. The van der Waals surface area contributed by atoms with Crippen LogP contribution < -0.4 is 10.0 Å². The minimum Gasteiger partial charge on any atom is -0.321 e. The Labute approximate surface area is 179 Å². The van der Waals surface area contributed by atoms with Gasteiger partial charge in [-0.3, -0.25) is 4.79 Å². The van der Waals surface area contributed by atoms with Crippen molar-refractivity contribution in [2.75, 3.05) is 10.0 Å². The lowest BCUT2D eigenvalue weighted by atomic mass is 10.00. The van der Waals surface area contributed by atoms with Crippen LogP contribution in [0, 0.1) is 0 Å². The van der Waals surface area contributed by atoms with Crippen molar-refractivity contribution in [3.63, 3.8) is 0 Å². The average molecular weight is 443 g/mol. The number of hydrogen-bond donors (Lipinski definition) is 2. The second kappa shape index (κ2) is 8.93. The summed E-state index contributed by atoms with van der Waals surface area (Å²) in [4.78, 5) is 22.5. The molecule has 0 spiro atoms. The molecule has 0 saturated carbocycles. The fourth-order valence-corrected chi connectivity index (χ4v) is 5.50. The Hall–Kier alpha value is -2.78. The number of nitrogens with zero attached hydrogens (tertiary/aromatic N) is 2. The van der Waals surface area contributed by atoms with E-state index in [0.717, 1.165) is 12.8 Å². The van der Waals surface area contributed by atoms with Crippen LogP contribution >= 0.6 is 11.3 Å². The number of aromatic nitrogens is 2. The van der Waals surface area contributed by atoms with Crippen LogP contribution in [0.5, 0.6) is 0 Å². The SMILES string of the molecule is O=C(Nc1ccc(S(=O)(=O)Nc2ncccn2)cc1)c1cc2c(s1)CCCCCC2. The predicted molar refractivity (Wildman–Crippen MR) is 117 cm³/mol. The molecule has 0 bridgehead atoms. The summed E-state index contributed by atoms with van der Waals surface area (Å²) in [7, 11) is -3.81. The third-order valence-electron chi connectivity index (χ3n) is 4.93. The normalized spacial score (nSPS) is 14.3. The van der Waals surface area contributed by atoms with Gasteiger partial charge in [-0.1, -0.05) is 12.8 Å². The Balaban J connectivity index is 1.44. The fraction of sp³-hybridized carbons (Fsp3) is 0.286. The van der Waals surface area contributed by atoms with Gasteiger partial charge in [0.15, 0.2) is 0 Å². The van der Waals surface area contributed by atoms with Crippen molar-refractivity contribution in [2.24, 2.45) is 0 Å². The molecule has 2 heterocycles. The number of fused-ring (bicyclic) bond motifs is 1. The molecular formula is C21H22N4O3S2. The highest BCUT2D eigenvalue weighted by Gasteiger charge is 2.18. The number of thiophene rings is 1. The maximum Gasteiger partial charge on any atom is 0.265 e. The van der Waals surface area contributed by atoms with Gasteiger partial charge in [0.2, 0.25) is 5.95 Å². The van der Waals surface area contributed by atoms with Gasteiger partial charge in [-0.25, -0.2) is 23.1 Å². The van der Waals surface area contributed by atoms with Gasteiger partial charge in [0.05, 0.1) is 9.77 Å². The van der Waals surface area contributed by atoms with Gasteiger partial charge in [0.1, 0.15) is 0 Å². The van der Waals surface area contributed by atoms with Crippen molar-refractivity contribution in [3.8, 4) is 0 Å². The summed E-state index contributed by atoms with van der Waals surface area (Å²) in [5, 5.41) is 2.86. The quantitative estimate of drug-likeness (QED) is 0.615. The molecule has 0 radical (unpaired) electrons. The number of carbonyl (C=O) groups excluding carboxylic acids is 1. The number of benzene rings is 1. The molecule has 3 aromatic rings. The molecule has 7 nitrogen and oxygen atoms in total. The molecule has 1 aliphatic rings. The minimum atomic E-state index is -3.81. The molecule has 4 rings (SSSR count). The van der Waals surface area contributed by atoms with Gasteiger partial charge >= 0.3 is 0 Å². The first-order valence-electron chi connectivity index (χ1n) is 9.84. The molecule has 1 amide bonds. The predicted octanol–water partition coefficient (Wildman–Crippen LogP) is 4.25. The molecule has 156 valence electrons. The van der Waals surface area contributed by atoms with E-state index in [0.29, 0.717) is 10.6 Å². The largest absolute Gasteiger partial charge is 0.321 e. The molecular weight excluding hydrogens is 420 g/mol. The van der Waals surface area contributed by atoms with E-state index in [1.165, 1.54) is 60.7 Å². The van der Waals surface area contributed by atoms with Crippen LogP contribution in [0.1, 0.15) is 45.8 Å². The number of amides is 1. The zero-order chi connectivity index (χ0) is 21.0. The fourth-order valence-electron chi connectivity index (χ4n) is 3.40. The molecule has 0 aliphatic heterocycles. The summed E-state index contributed by atoms with van der Waals surface area (Å²) < 4.78 is 27.2. The van der Waals surface area contributed by atoms with Crippen LogP contribution in [-0.4, -0.2) is 24.3 Å². The highest BCUT2D eigenvalue weighted by atomic mass is 32.2. The smallest absolute Gasteiger partial charge is 0.265 e. The van der Waals surface area contributed by atoms with Gasteiger partial charge in [-0.05, 0) is 67.6 Å². The van der Waals surface area contributed by atoms with Gasteiger partial charge in [-0.2, -0.15) is 0 Å². The van der Waals surface area contributed by atoms with E-state index >= 15 is 0 Å². The molecule has 0 atom stereocenters. The monoisotopic (exact) mass is 442 g/mol. The lowest BCUT2D eigenvalue weighted by Gasteiger charge is -2.08. The van der Waals surface area contributed by atoms with Gasteiger partial charge in [-0.15, -0.1) is 11.3 Å². The van der Waals surface area contributed by atoms with E-state index in [1.807, 2.05) is 6.07 Å². The van der Waals surface area contributed by atoms with E-state index in [1.54, 1.807) is 29.5 Å². The van der Waals surface area contributed by atoms with Crippen LogP contribution in [0.15, 0.2) is 53.7 Å². The maximum absolute atomic E-state index is 12.7. The van der Waals surface area contributed by atoms with Crippen molar-refractivity contribution < 1.29 is 13.2 Å². The van der Waals surface area contributed by atoms with Crippen LogP contribution in [0.4, 0.5) is 11.6 Å². The van der Waals surface area contributed by atoms with E-state index in [2.05, 4.69) is 20.0 Å². The summed E-state index contributed by atoms with van der Waals surface area (Å²) >= 11 is 1.56. The molecule has 0 fully saturated rings. The van der Waals surface area contributed by atoms with Gasteiger partial charge in [0, 0.05) is 23.0 Å². The van der Waals surface area contributed by atoms with E-state index in [9.17, 15) is 13.2 Å². The van der Waals surface area contributed by atoms with E-state index in [-0.39, 0.29) is 16.8 Å². The first-order valence-corrected chi connectivity index (χ1v) is 12.1. The summed E-state index contributed by atoms with van der Waals surface area (Å²) in [6, 6.07) is 9.62. The third kappa shape index (κ3) is 4.85. The Morgan fingerprint density at radius 1 is 0.967 bits per heavy atom. The van der Waals surface area contributed by atoms with Crippen molar-refractivity contribution >= 4 is 38.9 Å². The van der Waals surface area contributed by atoms with Crippen LogP contribution in [-0.2, 0) is 22.9 Å². The summed E-state index contributed by atoms with van der Waals surface area (Å²) in [6.45, 7) is 0. The van der Waals surface area contributed by atoms with Gasteiger partial charge in [0.25, 0.3) is 15.9 Å². The van der Waals surface area contributed by atoms with Crippen molar-refractivity contribution in [2.45, 2.75) is 43.4 Å². The summed E-state index contributed by atoms with van der Waals surface area (Å²) in [5.41, 5.74) is 1.83. The molecule has 1 aliphatic carbocycles. The molecule has 1 aromatic carbocycles. The Morgan fingerprint density at radius 3 is 2.40 bits per heavy atom. The second-order valence-corrected chi connectivity index (χ2v) is 9.95. The first-order chi connectivity index (χ1) is 14.5. The number of rotatable bonds is 5. The number of sulfonamides is 1. The average Bonchev–Trinajstić information content (AvgIpc) is 3.11. The van der Waals surface area contributed by atoms with E-state index in [4.69, 9.17) is 0 Å². The molecule has 2 N–H and O–H groups in total. The number of nitrogens with one attached hydrogen (secondary N) is 2. The van der Waals surface area contributed by atoms with Gasteiger partial charge < -0.3 is 5.32 Å². The maximum atomic E-state index is 12.7. The third-order valence-corrected chi connectivity index (χ3v) is 7.51. The Bertz CT molecular complexity index is 1100. The van der Waals surface area contributed by atoms with Crippen molar-refractivity contribution in [1.29, 1.82) is 0 Å². The van der Waals surface area contributed by atoms with Crippen LogP contribution in [0.25, 0.3) is 0 Å². The first kappa shape index (κ1) is 20.5.